The van der Waals surface area contributed by atoms with E-state index in [9.17, 15) is 4.79 Å². The predicted molar refractivity (Wildman–Crippen MR) is 85.3 cm³/mol. The number of ether oxygens (including phenoxy) is 1. The molecule has 1 saturated carbocycles. The van der Waals surface area contributed by atoms with Crippen molar-refractivity contribution in [3.8, 4) is 0 Å². The first-order chi connectivity index (χ1) is 9.97. The van der Waals surface area contributed by atoms with Gasteiger partial charge in [-0.15, -0.1) is 0 Å². The highest BCUT2D eigenvalue weighted by Gasteiger charge is 2.25. The lowest BCUT2D eigenvalue weighted by Crippen LogP contribution is -2.36. The Morgan fingerprint density at radius 2 is 1.81 bits per heavy atom. The second-order valence-corrected chi connectivity index (χ2v) is 6.65. The molecule has 0 aliphatic heterocycles. The molecule has 0 unspecified atom stereocenters. The number of amides is 1. The van der Waals surface area contributed by atoms with Gasteiger partial charge >= 0.3 is 6.09 Å². The molecular weight excluding hydrogens is 262 g/mol. The lowest BCUT2D eigenvalue weighted by atomic mass is 9.89. The summed E-state index contributed by atoms with van der Waals surface area (Å²) in [6.07, 6.45) is 6.04. The van der Waals surface area contributed by atoms with E-state index in [0.717, 1.165) is 12.1 Å². The highest BCUT2D eigenvalue weighted by molar-refractivity contribution is 5.67. The minimum atomic E-state index is -0.607. The highest BCUT2D eigenvalue weighted by atomic mass is 16.6. The molecule has 0 spiro atoms. The molecule has 0 atom stereocenters. The van der Waals surface area contributed by atoms with E-state index >= 15 is 0 Å². The maximum absolute atomic E-state index is 12.0. The molecular formula is C18H27NO2. The molecule has 1 N–H and O–H groups in total. The van der Waals surface area contributed by atoms with Crippen molar-refractivity contribution in [3.63, 3.8) is 0 Å². The Balaban J connectivity index is 1.84. The second-order valence-electron chi connectivity index (χ2n) is 6.65. The topological polar surface area (TPSA) is 38.3 Å². The van der Waals surface area contributed by atoms with Gasteiger partial charge < -0.3 is 10.1 Å². The summed E-state index contributed by atoms with van der Waals surface area (Å²) in [5.74, 6) is 0.619. The second kappa shape index (κ2) is 6.97. The van der Waals surface area contributed by atoms with E-state index in [-0.39, 0.29) is 6.09 Å². The van der Waals surface area contributed by atoms with E-state index in [1.54, 1.807) is 0 Å². The predicted octanol–water partition coefficient (Wildman–Crippen LogP) is 4.54. The van der Waals surface area contributed by atoms with Gasteiger partial charge in [0, 0.05) is 6.54 Å². The summed E-state index contributed by atoms with van der Waals surface area (Å²) < 4.78 is 5.60. The average Bonchev–Trinajstić information content (AvgIpc) is 2.46. The summed E-state index contributed by atoms with van der Waals surface area (Å²) in [6.45, 7) is 6.65. The van der Waals surface area contributed by atoms with E-state index in [4.69, 9.17) is 4.74 Å². The lowest BCUT2D eigenvalue weighted by molar-refractivity contribution is 0.0354. The quantitative estimate of drug-likeness (QED) is 0.884. The van der Waals surface area contributed by atoms with Crippen LogP contribution in [-0.2, 0) is 10.3 Å². The van der Waals surface area contributed by atoms with Crippen LogP contribution in [0.3, 0.4) is 0 Å². The molecule has 21 heavy (non-hydrogen) atoms. The van der Waals surface area contributed by atoms with Crippen molar-refractivity contribution in [2.24, 2.45) is 5.92 Å². The number of rotatable bonds is 4. The van der Waals surface area contributed by atoms with Crippen molar-refractivity contribution in [2.45, 2.75) is 58.5 Å². The number of carbonyl (C=O) groups is 1. The number of hydrogen-bond acceptors (Lipinski definition) is 2. The van der Waals surface area contributed by atoms with Crippen molar-refractivity contribution in [3.05, 3.63) is 35.4 Å². The van der Waals surface area contributed by atoms with Crippen LogP contribution in [0.1, 0.15) is 57.1 Å². The highest BCUT2D eigenvalue weighted by Crippen LogP contribution is 2.26. The molecule has 2 rings (SSSR count). The van der Waals surface area contributed by atoms with Crippen LogP contribution in [0.2, 0.25) is 0 Å². The Morgan fingerprint density at radius 1 is 1.19 bits per heavy atom. The molecule has 1 fully saturated rings. The number of benzene rings is 1. The zero-order valence-corrected chi connectivity index (χ0v) is 13.4. The summed E-state index contributed by atoms with van der Waals surface area (Å²) in [6, 6.07) is 8.12. The molecule has 0 aromatic heterocycles. The zero-order valence-electron chi connectivity index (χ0n) is 13.4. The van der Waals surface area contributed by atoms with Crippen LogP contribution in [0.4, 0.5) is 4.79 Å². The maximum atomic E-state index is 12.0. The summed E-state index contributed by atoms with van der Waals surface area (Å²) in [7, 11) is 0. The van der Waals surface area contributed by atoms with Crippen molar-refractivity contribution in [2.75, 3.05) is 6.54 Å². The monoisotopic (exact) mass is 289 g/mol. The van der Waals surface area contributed by atoms with Crippen molar-refractivity contribution >= 4 is 6.09 Å². The molecule has 1 amide bonds. The van der Waals surface area contributed by atoms with Crippen LogP contribution in [0, 0.1) is 12.8 Å². The maximum Gasteiger partial charge on any atom is 0.408 e. The van der Waals surface area contributed by atoms with E-state index < -0.39 is 5.60 Å². The molecule has 0 heterocycles. The van der Waals surface area contributed by atoms with Gasteiger partial charge in [0.05, 0.1) is 0 Å². The minimum absolute atomic E-state index is 0.314. The number of carbonyl (C=O) groups excluding carboxylic acids is 1. The third-order valence-corrected chi connectivity index (χ3v) is 4.35. The molecule has 0 bridgehead atoms. The van der Waals surface area contributed by atoms with Gasteiger partial charge in [-0.2, -0.15) is 0 Å². The van der Waals surface area contributed by atoms with Gasteiger partial charge in [-0.25, -0.2) is 4.79 Å². The Morgan fingerprint density at radius 3 is 2.43 bits per heavy atom. The SMILES string of the molecule is Cc1ccc(C(C)(C)OC(=O)NCC2CCCCC2)cc1. The van der Waals surface area contributed by atoms with Gasteiger partial charge in [-0.3, -0.25) is 0 Å². The number of aryl methyl sites for hydroxylation is 1. The molecule has 1 aliphatic carbocycles. The van der Waals surface area contributed by atoms with Crippen LogP contribution >= 0.6 is 0 Å². The fourth-order valence-electron chi connectivity index (χ4n) is 2.90. The Hall–Kier alpha value is -1.51. The van der Waals surface area contributed by atoms with Gasteiger partial charge in [0.15, 0.2) is 0 Å². The molecule has 116 valence electrons. The van der Waals surface area contributed by atoms with Crippen molar-refractivity contribution < 1.29 is 9.53 Å². The third kappa shape index (κ3) is 4.76. The number of alkyl carbamates (subject to hydrolysis) is 1. The number of hydrogen-bond donors (Lipinski definition) is 1. The minimum Gasteiger partial charge on any atom is -0.439 e. The fourth-order valence-corrected chi connectivity index (χ4v) is 2.90. The Kier molecular flexibility index (Phi) is 5.27. The first-order valence-corrected chi connectivity index (χ1v) is 8.01. The molecule has 3 nitrogen and oxygen atoms in total. The van der Waals surface area contributed by atoms with Gasteiger partial charge in [-0.05, 0) is 45.1 Å². The van der Waals surface area contributed by atoms with Crippen LogP contribution in [-0.4, -0.2) is 12.6 Å². The standard InChI is InChI=1S/C18H27NO2/c1-14-9-11-16(12-10-14)18(2,3)21-17(20)19-13-15-7-5-4-6-8-15/h9-12,15H,4-8,13H2,1-3H3,(H,19,20). The first-order valence-electron chi connectivity index (χ1n) is 8.01. The van der Waals surface area contributed by atoms with Gasteiger partial charge in [0.25, 0.3) is 0 Å². The third-order valence-electron chi connectivity index (χ3n) is 4.35. The molecule has 0 radical (unpaired) electrons. The van der Waals surface area contributed by atoms with Gasteiger partial charge in [0.2, 0.25) is 0 Å². The van der Waals surface area contributed by atoms with Gasteiger partial charge in [-0.1, -0.05) is 49.1 Å². The normalized spacial score (nSPS) is 16.5. The molecule has 1 aromatic rings. The van der Waals surface area contributed by atoms with E-state index in [1.807, 2.05) is 38.1 Å². The smallest absolute Gasteiger partial charge is 0.408 e. The molecule has 1 aliphatic rings. The molecule has 0 saturated heterocycles. The van der Waals surface area contributed by atoms with Crippen LogP contribution in [0.15, 0.2) is 24.3 Å². The van der Waals surface area contributed by atoms with Crippen LogP contribution < -0.4 is 5.32 Å². The largest absolute Gasteiger partial charge is 0.439 e. The summed E-state index contributed by atoms with van der Waals surface area (Å²) in [5, 5.41) is 2.93. The average molecular weight is 289 g/mol. The molecule has 3 heteroatoms. The number of nitrogens with one attached hydrogen (secondary N) is 1. The Bertz CT molecular complexity index is 459. The van der Waals surface area contributed by atoms with E-state index in [2.05, 4.69) is 12.2 Å². The summed E-state index contributed by atoms with van der Waals surface area (Å²) >= 11 is 0. The molecule has 1 aromatic carbocycles. The van der Waals surface area contributed by atoms with Crippen molar-refractivity contribution in [1.82, 2.24) is 5.32 Å². The van der Waals surface area contributed by atoms with Crippen LogP contribution in [0.5, 0.6) is 0 Å². The first kappa shape index (κ1) is 15.9. The fraction of sp³-hybridized carbons (Fsp3) is 0.611. The van der Waals surface area contributed by atoms with Crippen molar-refractivity contribution in [1.29, 1.82) is 0 Å². The van der Waals surface area contributed by atoms with Gasteiger partial charge in [0.1, 0.15) is 5.60 Å². The van der Waals surface area contributed by atoms with E-state index in [0.29, 0.717) is 5.92 Å². The Labute approximate surface area is 128 Å². The zero-order chi connectivity index (χ0) is 15.3. The van der Waals surface area contributed by atoms with E-state index in [1.165, 1.54) is 37.7 Å². The summed E-state index contributed by atoms with van der Waals surface area (Å²) in [5.41, 5.74) is 1.61. The lowest BCUT2D eigenvalue weighted by Gasteiger charge is -2.27. The van der Waals surface area contributed by atoms with Crippen LogP contribution in [0.25, 0.3) is 0 Å². The summed E-state index contributed by atoms with van der Waals surface area (Å²) in [4.78, 5) is 12.0.